The van der Waals surface area contributed by atoms with Gasteiger partial charge in [-0.3, -0.25) is 9.67 Å². The van der Waals surface area contributed by atoms with Crippen LogP contribution in [0.1, 0.15) is 113 Å². The summed E-state index contributed by atoms with van der Waals surface area (Å²) in [5, 5.41) is 4.58. The normalized spacial score (nSPS) is 13.4. The van der Waals surface area contributed by atoms with E-state index in [-0.39, 0.29) is 37.3 Å². The predicted octanol–water partition coefficient (Wildman–Crippen LogP) is 15.0. The average molecular weight is 1030 g/mol. The Morgan fingerprint density at radius 1 is 0.554 bits per heavy atom. The molecule has 0 spiro atoms. The van der Waals surface area contributed by atoms with Crippen molar-refractivity contribution in [1.82, 2.24) is 14.8 Å². The third kappa shape index (κ3) is 8.41. The first-order valence-corrected chi connectivity index (χ1v) is 22.4. The van der Waals surface area contributed by atoms with Crippen LogP contribution in [0.5, 0.6) is 11.5 Å². The number of aryl methyl sites for hydroxylation is 2. The second-order valence-corrected chi connectivity index (χ2v) is 20.4. The van der Waals surface area contributed by atoms with E-state index >= 15 is 0 Å². The monoisotopic (exact) mass is 1030 g/mol. The molecule has 0 unspecified atom stereocenters. The molecule has 0 saturated heterocycles. The molecule has 3 heterocycles. The number of pyridine rings is 1. The molecule has 330 valence electrons. The maximum atomic E-state index is 6.95. The zero-order valence-electron chi connectivity index (χ0n) is 39.4. The van der Waals surface area contributed by atoms with Gasteiger partial charge >= 0.3 is 21.1 Å². The van der Waals surface area contributed by atoms with Crippen LogP contribution in [-0.2, 0) is 42.7 Å². The predicted molar refractivity (Wildman–Crippen MR) is 263 cm³/mol. The van der Waals surface area contributed by atoms with E-state index in [1.807, 2.05) is 35.3 Å². The molecule has 1 aliphatic heterocycles. The summed E-state index contributed by atoms with van der Waals surface area (Å²) in [5.74, 6) is 1.15. The van der Waals surface area contributed by atoms with Crippen LogP contribution in [0.2, 0.25) is 0 Å². The fourth-order valence-corrected chi connectivity index (χ4v) is 9.32. The van der Waals surface area contributed by atoms with Crippen molar-refractivity contribution < 1.29 is 25.8 Å². The van der Waals surface area contributed by atoms with E-state index in [1.54, 1.807) is 6.20 Å². The number of nitrogens with zero attached hydrogens (tertiary/aromatic N) is 4. The summed E-state index contributed by atoms with van der Waals surface area (Å²) in [4.78, 5) is 7.74. The van der Waals surface area contributed by atoms with Gasteiger partial charge in [-0.2, -0.15) is 17.2 Å². The van der Waals surface area contributed by atoms with E-state index in [2.05, 4.69) is 214 Å². The van der Waals surface area contributed by atoms with E-state index in [0.29, 0.717) is 11.5 Å². The maximum Gasteiger partial charge on any atom is 2.00 e. The summed E-state index contributed by atoms with van der Waals surface area (Å²) in [6, 6.07) is 55.7. The Kier molecular flexibility index (Phi) is 12.0. The standard InChI is InChI=1S/C59H58N4O.Pt/c1-39-17-14-18-40(2)55(39)41-33-47(62-32-16-31-61-62)38-49(34-41)64-48-20-15-19-45(35-48)59(54-21-12-13-30-60-54)50-36-43(57(6,7)8)24-28-52(50)63(46-26-22-42(23-27-46)56(3,4)5)53-29-25-44(37-51(53)59)58(9,10)11;/h12-34,36-37H,1-11H3;/q-2;+2. The number of ether oxygens (including phenoxy) is 1. The van der Waals surface area contributed by atoms with Gasteiger partial charge in [0, 0.05) is 35.8 Å². The quantitative estimate of drug-likeness (QED) is 0.149. The molecule has 0 saturated carbocycles. The van der Waals surface area contributed by atoms with Crippen molar-refractivity contribution in [3.05, 3.63) is 214 Å². The van der Waals surface area contributed by atoms with Gasteiger partial charge in [-0.25, -0.2) is 0 Å². The molecule has 0 amide bonds. The van der Waals surface area contributed by atoms with Gasteiger partial charge in [-0.05, 0) is 123 Å². The van der Waals surface area contributed by atoms with Crippen molar-refractivity contribution in [2.45, 2.75) is 97.8 Å². The Labute approximate surface area is 400 Å². The summed E-state index contributed by atoms with van der Waals surface area (Å²) < 4.78 is 8.78. The molecule has 6 aromatic carbocycles. The summed E-state index contributed by atoms with van der Waals surface area (Å²) in [7, 11) is 0. The van der Waals surface area contributed by atoms with Crippen molar-refractivity contribution in [1.29, 1.82) is 0 Å². The number of rotatable bonds is 7. The van der Waals surface area contributed by atoms with Crippen LogP contribution in [0, 0.1) is 26.0 Å². The number of benzene rings is 6. The van der Waals surface area contributed by atoms with Crippen LogP contribution in [0.3, 0.4) is 0 Å². The number of fused-ring (bicyclic) bond motifs is 2. The van der Waals surface area contributed by atoms with Crippen molar-refractivity contribution in [2.24, 2.45) is 0 Å². The van der Waals surface area contributed by atoms with Crippen LogP contribution >= 0.6 is 0 Å². The summed E-state index contributed by atoms with van der Waals surface area (Å²) in [6.45, 7) is 24.8. The molecule has 0 fully saturated rings. The Morgan fingerprint density at radius 3 is 1.71 bits per heavy atom. The average Bonchev–Trinajstić information content (AvgIpc) is 3.80. The number of hydrogen-bond acceptors (Lipinski definition) is 4. The second kappa shape index (κ2) is 17.1. The summed E-state index contributed by atoms with van der Waals surface area (Å²) in [6.07, 6.45) is 5.64. The van der Waals surface area contributed by atoms with Crippen molar-refractivity contribution in [2.75, 3.05) is 4.90 Å². The smallest absolute Gasteiger partial charge is 0.509 e. The molecule has 0 N–H and O–H groups in total. The zero-order chi connectivity index (χ0) is 45.2. The van der Waals surface area contributed by atoms with Crippen LogP contribution in [0.4, 0.5) is 17.1 Å². The van der Waals surface area contributed by atoms with Crippen molar-refractivity contribution in [3.8, 4) is 28.3 Å². The fourth-order valence-electron chi connectivity index (χ4n) is 9.32. The molecule has 1 aliphatic rings. The van der Waals surface area contributed by atoms with Crippen LogP contribution in [0.15, 0.2) is 152 Å². The fraction of sp³-hybridized carbons (Fsp3) is 0.254. The molecule has 8 aromatic rings. The summed E-state index contributed by atoms with van der Waals surface area (Å²) >= 11 is 0. The molecule has 0 radical (unpaired) electrons. The number of hydrogen-bond donors (Lipinski definition) is 0. The van der Waals surface area contributed by atoms with Gasteiger partial charge in [0.1, 0.15) is 0 Å². The third-order valence-electron chi connectivity index (χ3n) is 12.8. The molecule has 2 aromatic heterocycles. The minimum Gasteiger partial charge on any atom is -0.509 e. The van der Waals surface area contributed by atoms with Crippen LogP contribution in [0.25, 0.3) is 16.8 Å². The Bertz CT molecular complexity index is 2900. The molecule has 0 atom stereocenters. The number of anilines is 3. The van der Waals surface area contributed by atoms with Crippen LogP contribution < -0.4 is 9.64 Å². The van der Waals surface area contributed by atoms with Gasteiger partial charge in [0.2, 0.25) is 0 Å². The second-order valence-electron chi connectivity index (χ2n) is 20.4. The SMILES string of the molecule is Cc1cccc(C)c1-c1cc(Oc2[c-]c(C3(c4ccccn4)c4cc(C(C)(C)C)ccc4N(c4ccc(C(C)(C)C)cc4)c4ccc(C(C)(C)C)cc43)ccc2)[c-]c(-n2cccn2)c1.[Pt+2]. The van der Waals surface area contributed by atoms with Gasteiger partial charge in [0.05, 0.1) is 22.5 Å². The molecule has 9 rings (SSSR count). The van der Waals surface area contributed by atoms with Gasteiger partial charge < -0.3 is 9.64 Å². The first-order chi connectivity index (χ1) is 30.4. The minimum absolute atomic E-state index is 0. The summed E-state index contributed by atoms with van der Waals surface area (Å²) in [5.41, 5.74) is 15.4. The molecular weight excluding hydrogens is 976 g/mol. The van der Waals surface area contributed by atoms with E-state index in [9.17, 15) is 0 Å². The Hall–Kier alpha value is -6.03. The van der Waals surface area contributed by atoms with Gasteiger partial charge in [0.15, 0.2) is 0 Å². The minimum atomic E-state index is -0.903. The van der Waals surface area contributed by atoms with Crippen LogP contribution in [-0.4, -0.2) is 14.8 Å². The van der Waals surface area contributed by atoms with E-state index in [4.69, 9.17) is 9.72 Å². The molecular formula is C59H58N4OPt. The Morgan fingerprint density at radius 2 is 1.15 bits per heavy atom. The molecule has 0 aliphatic carbocycles. The van der Waals surface area contributed by atoms with Crippen molar-refractivity contribution in [3.63, 3.8) is 0 Å². The van der Waals surface area contributed by atoms with Gasteiger partial charge in [0.25, 0.3) is 0 Å². The topological polar surface area (TPSA) is 43.2 Å². The van der Waals surface area contributed by atoms with Crippen molar-refractivity contribution >= 4 is 17.1 Å². The molecule has 5 nitrogen and oxygen atoms in total. The first kappa shape index (κ1) is 45.5. The van der Waals surface area contributed by atoms with E-state index < -0.39 is 5.41 Å². The maximum absolute atomic E-state index is 6.95. The molecule has 6 heteroatoms. The van der Waals surface area contributed by atoms with E-state index in [1.165, 1.54) is 33.4 Å². The first-order valence-electron chi connectivity index (χ1n) is 22.4. The van der Waals surface area contributed by atoms with Gasteiger partial charge in [-0.1, -0.05) is 123 Å². The molecule has 0 bridgehead atoms. The Balaban J connectivity index is 0.00000576. The molecule has 65 heavy (non-hydrogen) atoms. The van der Waals surface area contributed by atoms with Gasteiger partial charge in [-0.15, -0.1) is 41.5 Å². The van der Waals surface area contributed by atoms with E-state index in [0.717, 1.165) is 50.7 Å². The number of aromatic nitrogens is 3. The zero-order valence-corrected chi connectivity index (χ0v) is 41.7. The third-order valence-corrected chi connectivity index (χ3v) is 12.8. The largest absolute Gasteiger partial charge is 2.00 e.